The van der Waals surface area contributed by atoms with Crippen LogP contribution < -0.4 is 5.32 Å². The molecule has 0 aliphatic carbocycles. The number of guanidine groups is 1. The lowest BCUT2D eigenvalue weighted by atomic mass is 10.1. The number of pyridine rings is 1. The molecule has 0 saturated heterocycles. The molecule has 2 heterocycles. The van der Waals surface area contributed by atoms with Gasteiger partial charge >= 0.3 is 0 Å². The molecule has 0 fully saturated rings. The second kappa shape index (κ2) is 10.5. The monoisotopic (exact) mass is 402 g/mol. The highest BCUT2D eigenvalue weighted by atomic mass is 15.1. The maximum Gasteiger partial charge on any atom is 0.222 e. The minimum atomic E-state index is 0.405. The van der Waals surface area contributed by atoms with Crippen molar-refractivity contribution in [3.05, 3.63) is 60.7 Å². The van der Waals surface area contributed by atoms with Crippen LogP contribution in [0.5, 0.6) is 0 Å². The lowest BCUT2D eigenvalue weighted by molar-refractivity contribution is 0.562. The Morgan fingerprint density at radius 2 is 2.17 bits per heavy atom. The van der Waals surface area contributed by atoms with Gasteiger partial charge in [-0.05, 0) is 19.9 Å². The quantitative estimate of drug-likeness (QED) is 0.434. The SMILES string of the molecule is C=CC(=C\N(C)C)/C(=N/C=C\C)C(/C)=N/C(=N\C)Nc1cnc2c(C#N)c[nH]c2c1. The molecule has 2 N–H and O–H groups in total. The Morgan fingerprint density at radius 1 is 1.40 bits per heavy atom. The van der Waals surface area contributed by atoms with Crippen molar-refractivity contribution in [1.29, 1.82) is 5.26 Å². The van der Waals surface area contributed by atoms with E-state index in [1.807, 2.05) is 51.2 Å². The zero-order chi connectivity index (χ0) is 22.1. The van der Waals surface area contributed by atoms with Gasteiger partial charge in [-0.2, -0.15) is 5.26 Å². The number of fused-ring (bicyclic) bond motifs is 1. The average Bonchev–Trinajstić information content (AvgIpc) is 3.14. The number of nitrogens with one attached hydrogen (secondary N) is 2. The van der Waals surface area contributed by atoms with Gasteiger partial charge in [0.15, 0.2) is 0 Å². The number of allylic oxidation sites excluding steroid dienone is 3. The van der Waals surface area contributed by atoms with E-state index in [0.29, 0.717) is 34.2 Å². The Kier molecular flexibility index (Phi) is 7.82. The fraction of sp³-hybridized carbons (Fsp3) is 0.227. The van der Waals surface area contributed by atoms with E-state index in [0.717, 1.165) is 11.1 Å². The first-order chi connectivity index (χ1) is 14.4. The first kappa shape index (κ1) is 22.3. The molecule has 0 bridgehead atoms. The van der Waals surface area contributed by atoms with Crippen LogP contribution >= 0.6 is 0 Å². The Morgan fingerprint density at radius 3 is 2.77 bits per heavy atom. The number of aromatic nitrogens is 2. The second-order valence-corrected chi connectivity index (χ2v) is 6.52. The summed E-state index contributed by atoms with van der Waals surface area (Å²) >= 11 is 0. The van der Waals surface area contributed by atoms with Crippen molar-refractivity contribution in [2.75, 3.05) is 26.5 Å². The van der Waals surface area contributed by atoms with Crippen molar-refractivity contribution in [2.45, 2.75) is 13.8 Å². The minimum Gasteiger partial charge on any atom is -0.383 e. The first-order valence-corrected chi connectivity index (χ1v) is 9.30. The van der Waals surface area contributed by atoms with Crippen LogP contribution in [0.25, 0.3) is 11.0 Å². The van der Waals surface area contributed by atoms with Gasteiger partial charge in [0, 0.05) is 45.3 Å². The third kappa shape index (κ3) is 5.52. The summed E-state index contributed by atoms with van der Waals surface area (Å²) in [5, 5.41) is 12.3. The van der Waals surface area contributed by atoms with Crippen LogP contribution in [0, 0.1) is 11.3 Å². The molecule has 0 aliphatic rings. The van der Waals surface area contributed by atoms with E-state index in [9.17, 15) is 0 Å². The van der Waals surface area contributed by atoms with Crippen molar-refractivity contribution in [3.8, 4) is 6.07 Å². The molecule has 0 aliphatic heterocycles. The molecule has 0 amide bonds. The van der Waals surface area contributed by atoms with Crippen molar-refractivity contribution in [1.82, 2.24) is 14.9 Å². The number of hydrogen-bond donors (Lipinski definition) is 2. The third-order valence-electron chi connectivity index (χ3n) is 3.96. The van der Waals surface area contributed by atoms with Gasteiger partial charge in [0.05, 0.1) is 34.4 Å². The van der Waals surface area contributed by atoms with E-state index in [-0.39, 0.29) is 0 Å². The summed E-state index contributed by atoms with van der Waals surface area (Å²) in [6.45, 7) is 7.67. The summed E-state index contributed by atoms with van der Waals surface area (Å²) in [5.74, 6) is 0.405. The second-order valence-electron chi connectivity index (χ2n) is 6.52. The van der Waals surface area contributed by atoms with Crippen molar-refractivity contribution < 1.29 is 0 Å². The van der Waals surface area contributed by atoms with Crippen LogP contribution in [0.2, 0.25) is 0 Å². The predicted molar refractivity (Wildman–Crippen MR) is 125 cm³/mol. The fourth-order valence-electron chi connectivity index (χ4n) is 2.65. The summed E-state index contributed by atoms with van der Waals surface area (Å²) in [6, 6.07) is 3.97. The van der Waals surface area contributed by atoms with E-state index in [4.69, 9.17) is 5.26 Å². The van der Waals surface area contributed by atoms with Gasteiger partial charge in [-0.3, -0.25) is 15.0 Å². The van der Waals surface area contributed by atoms with Gasteiger partial charge < -0.3 is 15.2 Å². The van der Waals surface area contributed by atoms with E-state index >= 15 is 0 Å². The number of H-pyrrole nitrogens is 1. The van der Waals surface area contributed by atoms with Crippen LogP contribution in [-0.4, -0.2) is 53.4 Å². The van der Waals surface area contributed by atoms with E-state index < -0.39 is 0 Å². The predicted octanol–water partition coefficient (Wildman–Crippen LogP) is 3.90. The lowest BCUT2D eigenvalue weighted by Crippen LogP contribution is -2.19. The molecule has 2 aromatic rings. The van der Waals surface area contributed by atoms with Gasteiger partial charge in [-0.15, -0.1) is 0 Å². The smallest absolute Gasteiger partial charge is 0.222 e. The van der Waals surface area contributed by atoms with Crippen LogP contribution in [0.15, 0.2) is 70.1 Å². The Labute approximate surface area is 176 Å². The Bertz CT molecular complexity index is 1100. The topological polar surface area (TPSA) is 105 Å². The van der Waals surface area contributed by atoms with Crippen LogP contribution in [0.3, 0.4) is 0 Å². The first-order valence-electron chi connectivity index (χ1n) is 9.30. The highest BCUT2D eigenvalue weighted by Crippen LogP contribution is 2.18. The fourth-order valence-corrected chi connectivity index (χ4v) is 2.65. The van der Waals surface area contributed by atoms with Crippen molar-refractivity contribution >= 4 is 34.1 Å². The van der Waals surface area contributed by atoms with Gasteiger partial charge in [-0.25, -0.2) is 4.99 Å². The van der Waals surface area contributed by atoms with Crippen molar-refractivity contribution in [3.63, 3.8) is 0 Å². The Balaban J connectivity index is 2.37. The largest absolute Gasteiger partial charge is 0.383 e. The highest BCUT2D eigenvalue weighted by molar-refractivity contribution is 6.49. The molecule has 8 nitrogen and oxygen atoms in total. The maximum absolute atomic E-state index is 9.12. The summed E-state index contributed by atoms with van der Waals surface area (Å²) in [7, 11) is 5.52. The number of aliphatic imine (C=N–C) groups is 3. The molecule has 30 heavy (non-hydrogen) atoms. The molecule has 0 saturated carbocycles. The van der Waals surface area contributed by atoms with Crippen molar-refractivity contribution in [2.24, 2.45) is 15.0 Å². The standard InChI is InChI=1S/C22H26N8/c1-7-9-25-20(16(8-2)14-30(5)6)15(3)28-22(24-4)29-18-10-19-21(27-13-18)17(11-23)12-26-19/h7-10,12-14,26H,2H2,1,3-6H3,(H,24,29)/b9-7-,16-14+,25-20+,28-15+. The summed E-state index contributed by atoms with van der Waals surface area (Å²) in [4.78, 5) is 22.7. The molecular formula is C22H26N8. The van der Waals surface area contributed by atoms with Crippen LogP contribution in [-0.2, 0) is 0 Å². The number of hydrogen-bond acceptors (Lipinski definition) is 5. The molecule has 0 atom stereocenters. The van der Waals surface area contributed by atoms with Gasteiger partial charge in [0.2, 0.25) is 5.96 Å². The Hall–Kier alpha value is -3.99. The zero-order valence-corrected chi connectivity index (χ0v) is 17.9. The van der Waals surface area contributed by atoms with Crippen LogP contribution in [0.4, 0.5) is 5.69 Å². The summed E-state index contributed by atoms with van der Waals surface area (Å²) in [6.07, 6.45) is 10.5. The summed E-state index contributed by atoms with van der Waals surface area (Å²) in [5.41, 5.74) is 4.79. The molecule has 8 heteroatoms. The average molecular weight is 403 g/mol. The molecule has 154 valence electrons. The maximum atomic E-state index is 9.12. The molecule has 2 rings (SSSR count). The summed E-state index contributed by atoms with van der Waals surface area (Å²) < 4.78 is 0. The third-order valence-corrected chi connectivity index (χ3v) is 3.96. The van der Waals surface area contributed by atoms with E-state index in [1.165, 1.54) is 0 Å². The number of nitrogens with zero attached hydrogens (tertiary/aromatic N) is 6. The molecule has 0 radical (unpaired) electrons. The van der Waals surface area contributed by atoms with Gasteiger partial charge in [-0.1, -0.05) is 18.7 Å². The number of aromatic amines is 1. The van der Waals surface area contributed by atoms with Gasteiger partial charge in [0.25, 0.3) is 0 Å². The number of anilines is 1. The number of rotatable bonds is 6. The van der Waals surface area contributed by atoms with E-state index in [2.05, 4.69) is 42.9 Å². The molecule has 0 aromatic carbocycles. The molecule has 2 aromatic heterocycles. The highest BCUT2D eigenvalue weighted by Gasteiger charge is 2.11. The van der Waals surface area contributed by atoms with Gasteiger partial charge in [0.1, 0.15) is 11.6 Å². The molecule has 0 spiro atoms. The number of nitriles is 1. The van der Waals surface area contributed by atoms with Crippen LogP contribution in [0.1, 0.15) is 19.4 Å². The lowest BCUT2D eigenvalue weighted by Gasteiger charge is -2.12. The molecular weight excluding hydrogens is 376 g/mol. The van der Waals surface area contributed by atoms with E-state index in [1.54, 1.807) is 31.7 Å². The normalized spacial score (nSPS) is 13.6. The zero-order valence-electron chi connectivity index (χ0n) is 17.9. The minimum absolute atomic E-state index is 0.405. The molecule has 0 unspecified atom stereocenters.